The first-order valence-corrected chi connectivity index (χ1v) is 5.22. The average molecular weight is 222 g/mol. The van der Waals surface area contributed by atoms with Crippen molar-refractivity contribution in [2.45, 2.75) is 13.0 Å². The fourth-order valence-corrected chi connectivity index (χ4v) is 1.79. The van der Waals surface area contributed by atoms with E-state index in [9.17, 15) is 4.79 Å². The van der Waals surface area contributed by atoms with Crippen LogP contribution in [0.5, 0.6) is 0 Å². The minimum atomic E-state index is -0.999. The Morgan fingerprint density at radius 1 is 1.62 bits per heavy atom. The Bertz CT molecular complexity index is 377. The Hall–Kier alpha value is -1.62. The van der Waals surface area contributed by atoms with Crippen molar-refractivity contribution < 1.29 is 14.6 Å². The van der Waals surface area contributed by atoms with E-state index in [0.717, 1.165) is 12.2 Å². The fourth-order valence-electron chi connectivity index (χ4n) is 1.79. The normalized spacial score (nSPS) is 20.8. The zero-order valence-electron chi connectivity index (χ0n) is 9.09. The van der Waals surface area contributed by atoms with Crippen LogP contribution < -0.4 is 4.90 Å². The second kappa shape index (κ2) is 4.49. The molecule has 1 aromatic heterocycles. The van der Waals surface area contributed by atoms with Crippen molar-refractivity contribution in [1.29, 1.82) is 0 Å². The fraction of sp³-hybridized carbons (Fsp3) is 0.455. The van der Waals surface area contributed by atoms with Crippen molar-refractivity contribution in [3.8, 4) is 0 Å². The van der Waals surface area contributed by atoms with E-state index >= 15 is 0 Å². The summed E-state index contributed by atoms with van der Waals surface area (Å²) >= 11 is 0. The largest absolute Gasteiger partial charge is 0.477 e. The van der Waals surface area contributed by atoms with Crippen LogP contribution in [-0.4, -0.2) is 41.9 Å². The molecule has 0 aromatic carbocycles. The predicted molar refractivity (Wildman–Crippen MR) is 58.8 cm³/mol. The van der Waals surface area contributed by atoms with Crippen LogP contribution in [0.15, 0.2) is 18.3 Å². The highest BCUT2D eigenvalue weighted by molar-refractivity contribution is 5.85. The molecule has 0 amide bonds. The lowest BCUT2D eigenvalue weighted by molar-refractivity contribution is 0.0690. The van der Waals surface area contributed by atoms with Gasteiger partial charge in [-0.2, -0.15) is 0 Å². The molecule has 0 bridgehead atoms. The number of hydrogen-bond acceptors (Lipinski definition) is 4. The number of aromatic carboxylic acids is 1. The highest BCUT2D eigenvalue weighted by atomic mass is 16.5. The first-order chi connectivity index (χ1) is 7.68. The van der Waals surface area contributed by atoms with Crippen LogP contribution in [0.1, 0.15) is 17.4 Å². The summed E-state index contributed by atoms with van der Waals surface area (Å²) in [5.41, 5.74) is 1.02. The number of rotatable bonds is 2. The highest BCUT2D eigenvalue weighted by Gasteiger charge is 2.19. The van der Waals surface area contributed by atoms with Gasteiger partial charge in [0.2, 0.25) is 0 Å². The number of pyridine rings is 1. The summed E-state index contributed by atoms with van der Waals surface area (Å²) in [7, 11) is 0. The summed E-state index contributed by atoms with van der Waals surface area (Å²) in [6.45, 7) is 4.28. The minimum Gasteiger partial charge on any atom is -0.477 e. The second-order valence-corrected chi connectivity index (χ2v) is 3.82. The Balaban J connectivity index is 2.17. The molecule has 2 heterocycles. The number of carboxylic acids is 1. The molecule has 5 heteroatoms. The molecular formula is C11H14N2O3. The van der Waals surface area contributed by atoms with Crippen LogP contribution in [0.25, 0.3) is 0 Å². The van der Waals surface area contributed by atoms with Crippen LogP contribution in [0.2, 0.25) is 0 Å². The van der Waals surface area contributed by atoms with Gasteiger partial charge in [-0.25, -0.2) is 9.78 Å². The van der Waals surface area contributed by atoms with Crippen LogP contribution in [0.3, 0.4) is 0 Å². The van der Waals surface area contributed by atoms with E-state index in [1.165, 1.54) is 6.07 Å². The van der Waals surface area contributed by atoms with E-state index in [1.807, 2.05) is 0 Å². The van der Waals surface area contributed by atoms with Crippen LogP contribution in [0, 0.1) is 0 Å². The van der Waals surface area contributed by atoms with Gasteiger partial charge in [0.25, 0.3) is 0 Å². The van der Waals surface area contributed by atoms with E-state index in [4.69, 9.17) is 9.84 Å². The van der Waals surface area contributed by atoms with Gasteiger partial charge in [-0.3, -0.25) is 0 Å². The van der Waals surface area contributed by atoms with Gasteiger partial charge in [0.1, 0.15) is 5.69 Å². The number of anilines is 1. The van der Waals surface area contributed by atoms with E-state index < -0.39 is 5.97 Å². The van der Waals surface area contributed by atoms with Crippen molar-refractivity contribution in [1.82, 2.24) is 4.98 Å². The molecule has 0 saturated carbocycles. The van der Waals surface area contributed by atoms with Gasteiger partial charge in [-0.05, 0) is 19.1 Å². The molecule has 1 atom stereocenters. The number of morpholine rings is 1. The molecule has 5 nitrogen and oxygen atoms in total. The van der Waals surface area contributed by atoms with E-state index in [-0.39, 0.29) is 5.69 Å². The van der Waals surface area contributed by atoms with Gasteiger partial charge in [-0.1, -0.05) is 0 Å². The quantitative estimate of drug-likeness (QED) is 0.809. The van der Waals surface area contributed by atoms with Crippen LogP contribution >= 0.6 is 0 Å². The van der Waals surface area contributed by atoms with E-state index in [0.29, 0.717) is 19.3 Å². The molecule has 1 aliphatic heterocycles. The minimum absolute atomic E-state index is 0.0738. The molecular weight excluding hydrogens is 208 g/mol. The van der Waals surface area contributed by atoms with Crippen LogP contribution in [0.4, 0.5) is 5.69 Å². The second-order valence-electron chi connectivity index (χ2n) is 3.82. The maximum absolute atomic E-state index is 10.7. The Labute approximate surface area is 93.7 Å². The molecule has 1 aromatic rings. The molecule has 0 radical (unpaired) electrons. The smallest absolute Gasteiger partial charge is 0.354 e. The zero-order chi connectivity index (χ0) is 11.5. The molecule has 1 saturated heterocycles. The summed E-state index contributed by atoms with van der Waals surface area (Å²) in [6.07, 6.45) is 1.60. The third kappa shape index (κ3) is 2.14. The third-order valence-electron chi connectivity index (χ3n) is 2.67. The van der Waals surface area contributed by atoms with E-state index in [2.05, 4.69) is 16.8 Å². The van der Waals surface area contributed by atoms with E-state index in [1.54, 1.807) is 12.3 Å². The van der Waals surface area contributed by atoms with Crippen molar-refractivity contribution in [2.75, 3.05) is 24.7 Å². The van der Waals surface area contributed by atoms with Gasteiger partial charge >= 0.3 is 5.97 Å². The number of carboxylic acid groups (broad SMARTS) is 1. The first kappa shape index (κ1) is 10.9. The SMILES string of the molecule is CC1COCCN1c1ccc(C(=O)O)nc1. The van der Waals surface area contributed by atoms with Crippen molar-refractivity contribution in [3.05, 3.63) is 24.0 Å². The lowest BCUT2D eigenvalue weighted by atomic mass is 10.2. The predicted octanol–water partition coefficient (Wildman–Crippen LogP) is 1.00. The average Bonchev–Trinajstić information content (AvgIpc) is 2.30. The van der Waals surface area contributed by atoms with Crippen molar-refractivity contribution in [2.24, 2.45) is 0 Å². The summed E-state index contributed by atoms with van der Waals surface area (Å²) in [4.78, 5) is 16.7. The van der Waals surface area contributed by atoms with Gasteiger partial charge in [0.15, 0.2) is 0 Å². The van der Waals surface area contributed by atoms with Gasteiger partial charge in [0, 0.05) is 12.6 Å². The zero-order valence-corrected chi connectivity index (χ0v) is 9.09. The van der Waals surface area contributed by atoms with Gasteiger partial charge < -0.3 is 14.7 Å². The summed E-state index contributed by atoms with van der Waals surface area (Å²) < 4.78 is 5.34. The lowest BCUT2D eigenvalue weighted by Crippen LogP contribution is -2.43. The molecule has 86 valence electrons. The molecule has 0 aliphatic carbocycles. The Morgan fingerprint density at radius 2 is 2.44 bits per heavy atom. The van der Waals surface area contributed by atoms with Gasteiger partial charge in [0.05, 0.1) is 25.1 Å². The summed E-state index contributed by atoms with van der Waals surface area (Å²) in [5, 5.41) is 8.74. The topological polar surface area (TPSA) is 62.7 Å². The number of ether oxygens (including phenoxy) is 1. The Kier molecular flexibility index (Phi) is 3.05. The summed E-state index contributed by atoms with van der Waals surface area (Å²) in [6, 6.07) is 3.62. The van der Waals surface area contributed by atoms with Gasteiger partial charge in [-0.15, -0.1) is 0 Å². The lowest BCUT2D eigenvalue weighted by Gasteiger charge is -2.34. The molecule has 2 rings (SSSR count). The van der Waals surface area contributed by atoms with Crippen LogP contribution in [-0.2, 0) is 4.74 Å². The molecule has 0 spiro atoms. The molecule has 1 N–H and O–H groups in total. The molecule has 1 unspecified atom stereocenters. The summed E-state index contributed by atoms with van der Waals surface area (Å²) in [5.74, 6) is -0.999. The number of nitrogens with zero attached hydrogens (tertiary/aromatic N) is 2. The van der Waals surface area contributed by atoms with Crippen molar-refractivity contribution in [3.63, 3.8) is 0 Å². The maximum atomic E-state index is 10.7. The number of carbonyl (C=O) groups is 1. The third-order valence-corrected chi connectivity index (χ3v) is 2.67. The monoisotopic (exact) mass is 222 g/mol. The molecule has 1 fully saturated rings. The number of aromatic nitrogens is 1. The Morgan fingerprint density at radius 3 is 3.00 bits per heavy atom. The van der Waals surface area contributed by atoms with Crippen molar-refractivity contribution >= 4 is 11.7 Å². The first-order valence-electron chi connectivity index (χ1n) is 5.22. The maximum Gasteiger partial charge on any atom is 0.354 e. The number of hydrogen-bond donors (Lipinski definition) is 1. The molecule has 16 heavy (non-hydrogen) atoms. The molecule has 1 aliphatic rings. The highest BCUT2D eigenvalue weighted by Crippen LogP contribution is 2.18. The standard InChI is InChI=1S/C11H14N2O3/c1-8-7-16-5-4-13(8)9-2-3-10(11(14)15)12-6-9/h2-3,6,8H,4-5,7H2,1H3,(H,14,15).